The number of aromatic nitrogens is 2. The highest BCUT2D eigenvalue weighted by molar-refractivity contribution is 5.93. The molecule has 0 saturated carbocycles. The van der Waals surface area contributed by atoms with Crippen molar-refractivity contribution in [2.24, 2.45) is 0 Å². The molecule has 0 saturated heterocycles. The minimum atomic E-state index is -0.237. The van der Waals surface area contributed by atoms with Crippen LogP contribution in [0.5, 0.6) is 5.75 Å². The van der Waals surface area contributed by atoms with Gasteiger partial charge in [-0.3, -0.25) is 14.7 Å². The molecule has 2 aromatic rings. The summed E-state index contributed by atoms with van der Waals surface area (Å²) in [7, 11) is 5.04. The zero-order chi connectivity index (χ0) is 17.5. The van der Waals surface area contributed by atoms with E-state index in [9.17, 15) is 9.59 Å². The lowest BCUT2D eigenvalue weighted by atomic mass is 10.1. The summed E-state index contributed by atoms with van der Waals surface area (Å²) in [6, 6.07) is 9.13. The molecule has 2 N–H and O–H groups in total. The summed E-state index contributed by atoms with van der Waals surface area (Å²) >= 11 is 0. The van der Waals surface area contributed by atoms with Crippen LogP contribution in [-0.4, -0.2) is 54.7 Å². The Morgan fingerprint density at radius 1 is 1.25 bits per heavy atom. The molecule has 24 heavy (non-hydrogen) atoms. The molecule has 1 aromatic carbocycles. The molecule has 0 bridgehead atoms. The minimum Gasteiger partial charge on any atom is -0.497 e. The van der Waals surface area contributed by atoms with Crippen molar-refractivity contribution in [1.29, 1.82) is 0 Å². The van der Waals surface area contributed by atoms with Gasteiger partial charge in [-0.2, -0.15) is 5.10 Å². The van der Waals surface area contributed by atoms with E-state index >= 15 is 0 Å². The van der Waals surface area contributed by atoms with Gasteiger partial charge in [-0.15, -0.1) is 0 Å². The number of aromatic amines is 1. The molecule has 0 aliphatic rings. The minimum absolute atomic E-state index is 0.0487. The predicted octanol–water partition coefficient (Wildman–Crippen LogP) is 1.68. The van der Waals surface area contributed by atoms with E-state index in [-0.39, 0.29) is 11.8 Å². The quantitative estimate of drug-likeness (QED) is 0.756. The van der Waals surface area contributed by atoms with Crippen LogP contribution in [0.15, 0.2) is 30.3 Å². The van der Waals surface area contributed by atoms with E-state index in [2.05, 4.69) is 15.5 Å². The average Bonchev–Trinajstić information content (AvgIpc) is 3.08. The molecule has 0 atom stereocenters. The molecule has 1 heterocycles. The van der Waals surface area contributed by atoms with E-state index in [0.717, 1.165) is 11.3 Å². The Morgan fingerprint density at radius 3 is 2.58 bits per heavy atom. The maximum atomic E-state index is 12.1. The van der Waals surface area contributed by atoms with Gasteiger partial charge in [0, 0.05) is 32.6 Å². The zero-order valence-electron chi connectivity index (χ0n) is 14.1. The van der Waals surface area contributed by atoms with Gasteiger partial charge >= 0.3 is 0 Å². The van der Waals surface area contributed by atoms with Gasteiger partial charge in [0.25, 0.3) is 5.91 Å². The van der Waals surface area contributed by atoms with Crippen LogP contribution in [0.2, 0.25) is 0 Å². The molecule has 0 unspecified atom stereocenters. The van der Waals surface area contributed by atoms with Crippen LogP contribution in [0.25, 0.3) is 11.3 Å². The molecule has 2 amide bonds. The number of hydrogen-bond donors (Lipinski definition) is 2. The summed E-state index contributed by atoms with van der Waals surface area (Å²) < 4.78 is 5.12. The second kappa shape index (κ2) is 8.14. The van der Waals surface area contributed by atoms with Gasteiger partial charge in [-0.1, -0.05) is 0 Å². The number of carbonyl (C=O) groups is 2. The van der Waals surface area contributed by atoms with Gasteiger partial charge in [0.1, 0.15) is 11.4 Å². The molecule has 7 nitrogen and oxygen atoms in total. The standard InChI is InChI=1S/C17H22N4O3/c1-21(2)16(22)5-4-10-18-17(23)15-11-14(19-20-15)12-6-8-13(24-3)9-7-12/h6-9,11H,4-5,10H2,1-3H3,(H,18,23)(H,19,20). The molecule has 0 fully saturated rings. The molecular formula is C17H22N4O3. The predicted molar refractivity (Wildman–Crippen MR) is 90.8 cm³/mol. The normalized spacial score (nSPS) is 10.3. The van der Waals surface area contributed by atoms with Crippen LogP contribution in [0.4, 0.5) is 0 Å². The van der Waals surface area contributed by atoms with Crippen molar-refractivity contribution in [3.05, 3.63) is 36.0 Å². The van der Waals surface area contributed by atoms with Crippen molar-refractivity contribution < 1.29 is 14.3 Å². The van der Waals surface area contributed by atoms with Crippen LogP contribution in [-0.2, 0) is 4.79 Å². The van der Waals surface area contributed by atoms with Gasteiger partial charge in [0.2, 0.25) is 5.91 Å². The highest BCUT2D eigenvalue weighted by atomic mass is 16.5. The Hall–Kier alpha value is -2.83. The fourth-order valence-electron chi connectivity index (χ4n) is 2.11. The lowest BCUT2D eigenvalue weighted by molar-refractivity contribution is -0.128. The van der Waals surface area contributed by atoms with Gasteiger partial charge in [-0.05, 0) is 36.8 Å². The van der Waals surface area contributed by atoms with E-state index < -0.39 is 0 Å². The fraction of sp³-hybridized carbons (Fsp3) is 0.353. The summed E-state index contributed by atoms with van der Waals surface area (Å²) in [5.74, 6) is 0.576. The van der Waals surface area contributed by atoms with E-state index in [1.807, 2.05) is 24.3 Å². The molecule has 1 aromatic heterocycles. The largest absolute Gasteiger partial charge is 0.497 e. The zero-order valence-corrected chi connectivity index (χ0v) is 14.1. The third-order valence-electron chi connectivity index (χ3n) is 3.56. The summed E-state index contributed by atoms with van der Waals surface area (Å²) in [6.07, 6.45) is 1.01. The fourth-order valence-corrected chi connectivity index (χ4v) is 2.11. The molecule has 0 aliphatic carbocycles. The summed E-state index contributed by atoms with van der Waals surface area (Å²) in [4.78, 5) is 25.1. The van der Waals surface area contributed by atoms with E-state index in [4.69, 9.17) is 4.74 Å². The number of nitrogens with one attached hydrogen (secondary N) is 2. The molecule has 0 aliphatic heterocycles. The molecule has 0 spiro atoms. The second-order valence-corrected chi connectivity index (χ2v) is 5.54. The highest BCUT2D eigenvalue weighted by Gasteiger charge is 2.11. The van der Waals surface area contributed by atoms with Gasteiger partial charge in [0.15, 0.2) is 0 Å². The Labute approximate surface area is 141 Å². The number of benzene rings is 1. The van der Waals surface area contributed by atoms with Crippen molar-refractivity contribution in [3.8, 4) is 17.0 Å². The van der Waals surface area contributed by atoms with Crippen LogP contribution < -0.4 is 10.1 Å². The van der Waals surface area contributed by atoms with Crippen molar-refractivity contribution in [2.45, 2.75) is 12.8 Å². The Bertz CT molecular complexity index is 692. The van der Waals surface area contributed by atoms with E-state index in [0.29, 0.717) is 30.8 Å². The number of hydrogen-bond acceptors (Lipinski definition) is 4. The van der Waals surface area contributed by atoms with Gasteiger partial charge in [0.05, 0.1) is 12.8 Å². The highest BCUT2D eigenvalue weighted by Crippen LogP contribution is 2.21. The topological polar surface area (TPSA) is 87.3 Å². The maximum Gasteiger partial charge on any atom is 0.269 e. The molecule has 2 rings (SSSR count). The van der Waals surface area contributed by atoms with Gasteiger partial charge in [-0.25, -0.2) is 0 Å². The van der Waals surface area contributed by atoms with Crippen molar-refractivity contribution >= 4 is 11.8 Å². The number of carbonyl (C=O) groups excluding carboxylic acids is 2. The number of nitrogens with zero attached hydrogens (tertiary/aromatic N) is 2. The SMILES string of the molecule is COc1ccc(-c2cc(C(=O)NCCCC(=O)N(C)C)[nH]n2)cc1. The first-order valence-corrected chi connectivity index (χ1v) is 7.69. The second-order valence-electron chi connectivity index (χ2n) is 5.54. The molecular weight excluding hydrogens is 308 g/mol. The molecule has 7 heteroatoms. The summed E-state index contributed by atoms with van der Waals surface area (Å²) in [5, 5.41) is 9.66. The third kappa shape index (κ3) is 4.58. The van der Waals surface area contributed by atoms with Crippen LogP contribution in [0.1, 0.15) is 23.3 Å². The lowest BCUT2D eigenvalue weighted by Gasteiger charge is -2.09. The first-order valence-electron chi connectivity index (χ1n) is 7.69. The van der Waals surface area contributed by atoms with Crippen LogP contribution in [0, 0.1) is 0 Å². The smallest absolute Gasteiger partial charge is 0.269 e. The first kappa shape index (κ1) is 17.5. The molecule has 0 radical (unpaired) electrons. The number of H-pyrrole nitrogens is 1. The number of methoxy groups -OCH3 is 1. The van der Waals surface area contributed by atoms with Crippen LogP contribution >= 0.6 is 0 Å². The third-order valence-corrected chi connectivity index (χ3v) is 3.56. The molecule has 128 valence electrons. The average molecular weight is 330 g/mol. The van der Waals surface area contributed by atoms with E-state index in [1.54, 1.807) is 27.3 Å². The van der Waals surface area contributed by atoms with Crippen molar-refractivity contribution in [2.75, 3.05) is 27.7 Å². The maximum absolute atomic E-state index is 12.1. The Kier molecular flexibility index (Phi) is 5.95. The lowest BCUT2D eigenvalue weighted by Crippen LogP contribution is -2.27. The Morgan fingerprint density at radius 2 is 1.96 bits per heavy atom. The number of amides is 2. The monoisotopic (exact) mass is 330 g/mol. The van der Waals surface area contributed by atoms with Crippen molar-refractivity contribution in [3.63, 3.8) is 0 Å². The van der Waals surface area contributed by atoms with E-state index in [1.165, 1.54) is 4.90 Å². The first-order chi connectivity index (χ1) is 11.5. The Balaban J connectivity index is 1.87. The summed E-state index contributed by atoms with van der Waals surface area (Å²) in [5.41, 5.74) is 1.97. The van der Waals surface area contributed by atoms with Crippen LogP contribution in [0.3, 0.4) is 0 Å². The number of rotatable bonds is 7. The number of ether oxygens (including phenoxy) is 1. The van der Waals surface area contributed by atoms with Crippen molar-refractivity contribution in [1.82, 2.24) is 20.4 Å². The summed E-state index contributed by atoms with van der Waals surface area (Å²) in [6.45, 7) is 0.440. The van der Waals surface area contributed by atoms with Gasteiger partial charge < -0.3 is 15.0 Å².